The smallest absolute Gasteiger partial charge is 0.194 e. The van der Waals surface area contributed by atoms with Crippen molar-refractivity contribution in [3.05, 3.63) is 17.8 Å². The highest BCUT2D eigenvalue weighted by Gasteiger charge is 2.16. The zero-order valence-electron chi connectivity index (χ0n) is 8.24. The van der Waals surface area contributed by atoms with Crippen molar-refractivity contribution in [2.45, 2.75) is 25.8 Å². The van der Waals surface area contributed by atoms with Crippen LogP contribution in [0.15, 0.2) is 10.7 Å². The van der Waals surface area contributed by atoms with Crippen LogP contribution in [-0.2, 0) is 13.0 Å². The minimum Gasteiger partial charge on any atom is -0.449 e. The third-order valence-corrected chi connectivity index (χ3v) is 3.81. The maximum atomic E-state index is 5.47. The number of thioether (sulfide) groups is 1. The van der Waals surface area contributed by atoms with Crippen molar-refractivity contribution < 1.29 is 4.42 Å². The van der Waals surface area contributed by atoms with Gasteiger partial charge in [0.25, 0.3) is 0 Å². The molecule has 78 valence electrons. The van der Waals surface area contributed by atoms with E-state index < -0.39 is 0 Å². The van der Waals surface area contributed by atoms with Crippen molar-refractivity contribution in [3.8, 4) is 0 Å². The summed E-state index contributed by atoms with van der Waals surface area (Å²) in [5.74, 6) is 4.17. The molecule has 0 saturated carbocycles. The Balaban J connectivity index is 1.89. The molecule has 0 spiro atoms. The summed E-state index contributed by atoms with van der Waals surface area (Å²) in [4.78, 5) is 4.32. The first-order chi connectivity index (χ1) is 6.88. The highest BCUT2D eigenvalue weighted by Crippen LogP contribution is 2.25. The summed E-state index contributed by atoms with van der Waals surface area (Å²) < 4.78 is 5.36. The molecule has 0 amide bonds. The molecule has 1 aromatic heterocycles. The van der Waals surface area contributed by atoms with Crippen LogP contribution in [0.4, 0.5) is 0 Å². The van der Waals surface area contributed by atoms with Crippen molar-refractivity contribution in [3.63, 3.8) is 0 Å². The van der Waals surface area contributed by atoms with Gasteiger partial charge in [0.1, 0.15) is 6.26 Å². The molecule has 2 N–H and O–H groups in total. The van der Waals surface area contributed by atoms with Gasteiger partial charge in [-0.1, -0.05) is 0 Å². The summed E-state index contributed by atoms with van der Waals surface area (Å²) in [6.07, 6.45) is 5.30. The van der Waals surface area contributed by atoms with Gasteiger partial charge in [0.05, 0.1) is 5.69 Å². The van der Waals surface area contributed by atoms with Crippen molar-refractivity contribution in [1.29, 1.82) is 0 Å². The minimum absolute atomic E-state index is 0.475. The number of aromatic nitrogens is 1. The zero-order chi connectivity index (χ0) is 9.80. The first-order valence-electron chi connectivity index (χ1n) is 5.09. The van der Waals surface area contributed by atoms with E-state index in [2.05, 4.69) is 4.98 Å². The average Bonchev–Trinajstić information content (AvgIpc) is 2.67. The maximum Gasteiger partial charge on any atom is 0.194 e. The summed E-state index contributed by atoms with van der Waals surface area (Å²) in [6, 6.07) is 0. The van der Waals surface area contributed by atoms with Crippen LogP contribution in [0, 0.1) is 5.92 Å². The SMILES string of the molecule is NCc1coc(CC2CCCSC2)n1. The third kappa shape index (κ3) is 2.51. The van der Waals surface area contributed by atoms with Gasteiger partial charge in [-0.15, -0.1) is 0 Å². The van der Waals surface area contributed by atoms with Crippen molar-refractivity contribution >= 4 is 11.8 Å². The van der Waals surface area contributed by atoms with E-state index in [4.69, 9.17) is 10.2 Å². The Hall–Kier alpha value is -0.480. The van der Waals surface area contributed by atoms with Crippen LogP contribution in [0.1, 0.15) is 24.4 Å². The molecule has 14 heavy (non-hydrogen) atoms. The number of nitrogens with zero attached hydrogens (tertiary/aromatic N) is 1. The van der Waals surface area contributed by atoms with E-state index in [0.717, 1.165) is 23.9 Å². The lowest BCUT2D eigenvalue weighted by Gasteiger charge is -2.19. The van der Waals surface area contributed by atoms with E-state index in [-0.39, 0.29) is 0 Å². The first-order valence-corrected chi connectivity index (χ1v) is 6.25. The molecule has 2 rings (SSSR count). The minimum atomic E-state index is 0.475. The Morgan fingerprint density at radius 1 is 1.64 bits per heavy atom. The van der Waals surface area contributed by atoms with Gasteiger partial charge < -0.3 is 10.2 Å². The maximum absolute atomic E-state index is 5.47. The van der Waals surface area contributed by atoms with E-state index in [0.29, 0.717) is 6.54 Å². The topological polar surface area (TPSA) is 52.0 Å². The van der Waals surface area contributed by atoms with Crippen molar-refractivity contribution in [2.75, 3.05) is 11.5 Å². The molecule has 0 aromatic carbocycles. The quantitative estimate of drug-likeness (QED) is 0.830. The molecule has 1 aromatic rings. The second-order valence-electron chi connectivity index (χ2n) is 3.72. The van der Waals surface area contributed by atoms with E-state index in [1.54, 1.807) is 6.26 Å². The highest BCUT2D eigenvalue weighted by molar-refractivity contribution is 7.99. The lowest BCUT2D eigenvalue weighted by molar-refractivity contribution is 0.426. The lowest BCUT2D eigenvalue weighted by atomic mass is 10.0. The van der Waals surface area contributed by atoms with Crippen LogP contribution >= 0.6 is 11.8 Å². The van der Waals surface area contributed by atoms with E-state index in [9.17, 15) is 0 Å². The van der Waals surface area contributed by atoms with Gasteiger partial charge in [-0.05, 0) is 30.3 Å². The summed E-state index contributed by atoms with van der Waals surface area (Å²) in [5, 5.41) is 0. The van der Waals surface area contributed by atoms with E-state index >= 15 is 0 Å². The predicted octanol–water partition coefficient (Wildman–Crippen LogP) is 1.82. The highest BCUT2D eigenvalue weighted by atomic mass is 32.2. The van der Waals surface area contributed by atoms with E-state index in [1.807, 2.05) is 11.8 Å². The molecule has 1 fully saturated rings. The molecule has 1 saturated heterocycles. The Morgan fingerprint density at radius 3 is 3.21 bits per heavy atom. The molecule has 0 bridgehead atoms. The molecule has 1 atom stereocenters. The molecule has 2 heterocycles. The van der Waals surface area contributed by atoms with Gasteiger partial charge in [-0.2, -0.15) is 11.8 Å². The summed E-state index contributed by atoms with van der Waals surface area (Å²) in [5.41, 5.74) is 6.33. The summed E-state index contributed by atoms with van der Waals surface area (Å²) in [6.45, 7) is 0.475. The molecule has 1 unspecified atom stereocenters. The Kier molecular flexibility index (Phi) is 3.48. The number of hydrogen-bond acceptors (Lipinski definition) is 4. The fraction of sp³-hybridized carbons (Fsp3) is 0.700. The fourth-order valence-corrected chi connectivity index (χ4v) is 2.91. The van der Waals surface area contributed by atoms with Gasteiger partial charge in [0.15, 0.2) is 5.89 Å². The molecule has 0 radical (unpaired) electrons. The largest absolute Gasteiger partial charge is 0.449 e. The molecule has 1 aliphatic rings. The van der Waals surface area contributed by atoms with Crippen LogP contribution in [0.3, 0.4) is 0 Å². The lowest BCUT2D eigenvalue weighted by Crippen LogP contribution is -2.13. The van der Waals surface area contributed by atoms with Crippen LogP contribution in [0.5, 0.6) is 0 Å². The van der Waals surface area contributed by atoms with Crippen LogP contribution in [0.25, 0.3) is 0 Å². The van der Waals surface area contributed by atoms with Crippen LogP contribution in [-0.4, -0.2) is 16.5 Å². The monoisotopic (exact) mass is 212 g/mol. The van der Waals surface area contributed by atoms with E-state index in [1.165, 1.54) is 24.3 Å². The predicted molar refractivity (Wildman–Crippen MR) is 58.1 cm³/mol. The normalized spacial score (nSPS) is 22.5. The zero-order valence-corrected chi connectivity index (χ0v) is 9.05. The molecule has 1 aliphatic heterocycles. The van der Waals surface area contributed by atoms with Crippen LogP contribution < -0.4 is 5.73 Å². The summed E-state index contributed by atoms with van der Waals surface area (Å²) in [7, 11) is 0. The number of oxazole rings is 1. The van der Waals surface area contributed by atoms with Crippen molar-refractivity contribution in [1.82, 2.24) is 4.98 Å². The average molecular weight is 212 g/mol. The van der Waals surface area contributed by atoms with Gasteiger partial charge in [-0.3, -0.25) is 0 Å². The van der Waals surface area contributed by atoms with Gasteiger partial charge in [-0.25, -0.2) is 4.98 Å². The summed E-state index contributed by atoms with van der Waals surface area (Å²) >= 11 is 2.04. The number of hydrogen-bond donors (Lipinski definition) is 1. The molecular formula is C10H16N2OS. The van der Waals surface area contributed by atoms with Crippen LogP contribution in [0.2, 0.25) is 0 Å². The van der Waals surface area contributed by atoms with Gasteiger partial charge in [0, 0.05) is 13.0 Å². The molecule has 3 nitrogen and oxygen atoms in total. The number of nitrogens with two attached hydrogens (primary N) is 1. The first kappa shape index (κ1) is 10.1. The van der Waals surface area contributed by atoms with Gasteiger partial charge >= 0.3 is 0 Å². The third-order valence-electron chi connectivity index (χ3n) is 2.53. The second-order valence-corrected chi connectivity index (χ2v) is 4.87. The standard InChI is InChI=1S/C10H16N2OS/c11-5-9-6-13-10(12-9)4-8-2-1-3-14-7-8/h6,8H,1-5,7,11H2. The second kappa shape index (κ2) is 4.84. The number of rotatable bonds is 3. The molecule has 4 heteroatoms. The molecule has 0 aliphatic carbocycles. The fourth-order valence-electron chi connectivity index (χ4n) is 1.75. The molecular weight excluding hydrogens is 196 g/mol. The van der Waals surface area contributed by atoms with Gasteiger partial charge in [0.2, 0.25) is 0 Å². The Morgan fingerprint density at radius 2 is 2.57 bits per heavy atom. The Bertz CT molecular complexity index is 281. The Labute approximate surface area is 88.5 Å². The van der Waals surface area contributed by atoms with Crippen molar-refractivity contribution in [2.24, 2.45) is 11.7 Å².